The molecule has 2 aliphatic rings. The van der Waals surface area contributed by atoms with E-state index < -0.39 is 0 Å². The fourth-order valence-electron chi connectivity index (χ4n) is 3.08. The van der Waals surface area contributed by atoms with Gasteiger partial charge < -0.3 is 15.0 Å². The molecule has 1 aliphatic carbocycles. The summed E-state index contributed by atoms with van der Waals surface area (Å²) in [6.07, 6.45) is 8.46. The van der Waals surface area contributed by atoms with Crippen molar-refractivity contribution in [1.82, 2.24) is 9.55 Å². The summed E-state index contributed by atoms with van der Waals surface area (Å²) < 4.78 is 8.28. The second-order valence-electron chi connectivity index (χ2n) is 6.04. The Balaban J connectivity index is 1.62. The minimum atomic E-state index is 0.387. The lowest BCUT2D eigenvalue weighted by Gasteiger charge is -2.27. The van der Waals surface area contributed by atoms with Gasteiger partial charge in [-0.25, -0.2) is 4.98 Å². The largest absolute Gasteiger partial charge is 0.490 e. The summed E-state index contributed by atoms with van der Waals surface area (Å²) in [5.41, 5.74) is 9.16. The topological polar surface area (TPSA) is 53.1 Å². The summed E-state index contributed by atoms with van der Waals surface area (Å²) >= 11 is 0. The molecule has 4 heteroatoms. The number of rotatable bonds is 4. The second kappa shape index (κ2) is 5.19. The number of nitrogens with two attached hydrogens (primary N) is 1. The molecule has 0 radical (unpaired) electrons. The van der Waals surface area contributed by atoms with Crippen molar-refractivity contribution in [1.29, 1.82) is 0 Å². The normalized spacial score (nSPS) is 17.6. The number of nitrogens with zero attached hydrogens (tertiary/aromatic N) is 2. The van der Waals surface area contributed by atoms with Gasteiger partial charge in [-0.3, -0.25) is 0 Å². The molecule has 0 saturated heterocycles. The Morgan fingerprint density at radius 1 is 1.29 bits per heavy atom. The van der Waals surface area contributed by atoms with Crippen molar-refractivity contribution in [3.8, 4) is 17.0 Å². The van der Waals surface area contributed by atoms with Crippen molar-refractivity contribution in [2.75, 3.05) is 0 Å². The van der Waals surface area contributed by atoms with Crippen LogP contribution in [0.4, 0.5) is 0 Å². The summed E-state index contributed by atoms with van der Waals surface area (Å²) in [5, 5.41) is 0. The molecule has 2 heterocycles. The molecule has 0 spiro atoms. The summed E-state index contributed by atoms with van der Waals surface area (Å²) in [6, 6.07) is 6.29. The molecule has 2 N–H and O–H groups in total. The summed E-state index contributed by atoms with van der Waals surface area (Å²) in [7, 11) is 0. The highest BCUT2D eigenvalue weighted by molar-refractivity contribution is 5.62. The molecule has 110 valence electrons. The minimum absolute atomic E-state index is 0.387. The van der Waals surface area contributed by atoms with Crippen molar-refractivity contribution in [2.45, 2.75) is 51.3 Å². The van der Waals surface area contributed by atoms with Gasteiger partial charge in [-0.2, -0.15) is 0 Å². The molecular formula is C17H21N3O. The molecule has 1 aromatic carbocycles. The zero-order chi connectivity index (χ0) is 14.2. The molecule has 2 aromatic rings. The highest BCUT2D eigenvalue weighted by Gasteiger charge is 2.21. The average molecular weight is 283 g/mol. The Morgan fingerprint density at radius 2 is 2.19 bits per heavy atom. The first-order valence-corrected chi connectivity index (χ1v) is 7.89. The maximum absolute atomic E-state index is 6.02. The van der Waals surface area contributed by atoms with Crippen LogP contribution in [0.3, 0.4) is 0 Å². The van der Waals surface area contributed by atoms with Gasteiger partial charge >= 0.3 is 0 Å². The predicted molar refractivity (Wildman–Crippen MR) is 82.1 cm³/mol. The van der Waals surface area contributed by atoms with Gasteiger partial charge in [0.25, 0.3) is 0 Å². The zero-order valence-electron chi connectivity index (χ0n) is 12.2. The maximum atomic E-state index is 6.02. The van der Waals surface area contributed by atoms with E-state index >= 15 is 0 Å². The predicted octanol–water partition coefficient (Wildman–Crippen LogP) is 2.89. The van der Waals surface area contributed by atoms with Gasteiger partial charge in [-0.15, -0.1) is 0 Å². The van der Waals surface area contributed by atoms with E-state index in [9.17, 15) is 0 Å². The van der Waals surface area contributed by atoms with Gasteiger partial charge in [0.2, 0.25) is 0 Å². The van der Waals surface area contributed by atoms with Crippen LogP contribution in [0.5, 0.6) is 5.75 Å². The van der Waals surface area contributed by atoms with Crippen LogP contribution >= 0.6 is 0 Å². The highest BCUT2D eigenvalue weighted by atomic mass is 16.5. The maximum Gasteiger partial charge on any atom is 0.124 e. The Hall–Kier alpha value is -1.81. The van der Waals surface area contributed by atoms with Crippen LogP contribution in [0.25, 0.3) is 11.3 Å². The van der Waals surface area contributed by atoms with E-state index in [2.05, 4.69) is 29.0 Å². The quantitative estimate of drug-likeness (QED) is 0.938. The van der Waals surface area contributed by atoms with Gasteiger partial charge in [0.05, 0.1) is 11.8 Å². The fourth-order valence-corrected chi connectivity index (χ4v) is 3.08. The van der Waals surface area contributed by atoms with Crippen LogP contribution < -0.4 is 10.5 Å². The zero-order valence-corrected chi connectivity index (χ0v) is 12.2. The molecule has 4 nitrogen and oxygen atoms in total. The number of hydrogen-bond acceptors (Lipinski definition) is 3. The molecule has 0 atom stereocenters. The lowest BCUT2D eigenvalue weighted by molar-refractivity contribution is 0.119. The smallest absolute Gasteiger partial charge is 0.124 e. The Morgan fingerprint density at radius 3 is 2.90 bits per heavy atom. The molecule has 21 heavy (non-hydrogen) atoms. The Labute approximate surface area is 124 Å². The number of imidazole rings is 1. The van der Waals surface area contributed by atoms with Crippen molar-refractivity contribution in [2.24, 2.45) is 5.73 Å². The number of aromatic nitrogens is 2. The van der Waals surface area contributed by atoms with Crippen LogP contribution in [0, 0.1) is 0 Å². The van der Waals surface area contributed by atoms with E-state index in [4.69, 9.17) is 15.5 Å². The monoisotopic (exact) mass is 283 g/mol. The lowest BCUT2D eigenvalue weighted by atomic mass is 9.96. The van der Waals surface area contributed by atoms with Gasteiger partial charge in [0.15, 0.2) is 0 Å². The standard InChI is InChI=1S/C17H21N3O/c18-10-13-9-12(6-7-16(13)21-14-3-1-4-14)15-11-20-8-2-5-17(20)19-15/h6-7,9,11,14H,1-5,8,10,18H2. The summed E-state index contributed by atoms with van der Waals surface area (Å²) in [4.78, 5) is 4.74. The third-order valence-corrected chi connectivity index (χ3v) is 4.58. The fraction of sp³-hybridized carbons (Fsp3) is 0.471. The van der Waals surface area contributed by atoms with E-state index in [0.717, 1.165) is 35.5 Å². The van der Waals surface area contributed by atoms with Gasteiger partial charge in [0, 0.05) is 36.8 Å². The second-order valence-corrected chi connectivity index (χ2v) is 6.04. The molecule has 1 fully saturated rings. The molecule has 1 aliphatic heterocycles. The summed E-state index contributed by atoms with van der Waals surface area (Å²) in [5.74, 6) is 2.15. The van der Waals surface area contributed by atoms with Crippen molar-refractivity contribution < 1.29 is 4.74 Å². The molecule has 1 aromatic heterocycles. The van der Waals surface area contributed by atoms with Gasteiger partial charge in [-0.05, 0) is 43.9 Å². The van der Waals surface area contributed by atoms with Gasteiger partial charge in [-0.1, -0.05) is 0 Å². The van der Waals surface area contributed by atoms with Crippen LogP contribution in [-0.4, -0.2) is 15.7 Å². The van der Waals surface area contributed by atoms with E-state index in [1.54, 1.807) is 0 Å². The van der Waals surface area contributed by atoms with Crippen LogP contribution in [0.15, 0.2) is 24.4 Å². The number of fused-ring (bicyclic) bond motifs is 1. The van der Waals surface area contributed by atoms with Crippen molar-refractivity contribution in [3.05, 3.63) is 35.8 Å². The first kappa shape index (κ1) is 12.9. The number of benzene rings is 1. The number of aryl methyl sites for hydroxylation is 2. The van der Waals surface area contributed by atoms with Crippen molar-refractivity contribution >= 4 is 0 Å². The molecule has 0 unspecified atom stereocenters. The third-order valence-electron chi connectivity index (χ3n) is 4.58. The Kier molecular flexibility index (Phi) is 3.19. The molecule has 4 rings (SSSR count). The molecular weight excluding hydrogens is 262 g/mol. The van der Waals surface area contributed by atoms with E-state index in [0.29, 0.717) is 12.6 Å². The van der Waals surface area contributed by atoms with E-state index in [1.807, 2.05) is 0 Å². The SMILES string of the molecule is NCc1cc(-c2cn3c(n2)CCC3)ccc1OC1CCC1. The minimum Gasteiger partial charge on any atom is -0.490 e. The molecule has 0 amide bonds. The first-order chi connectivity index (χ1) is 10.3. The highest BCUT2D eigenvalue weighted by Crippen LogP contribution is 2.31. The van der Waals surface area contributed by atoms with Crippen LogP contribution in [-0.2, 0) is 19.5 Å². The molecule has 0 bridgehead atoms. The van der Waals surface area contributed by atoms with Crippen molar-refractivity contribution in [3.63, 3.8) is 0 Å². The average Bonchev–Trinajstić information content (AvgIpc) is 3.04. The van der Waals surface area contributed by atoms with Gasteiger partial charge in [0.1, 0.15) is 11.6 Å². The van der Waals surface area contributed by atoms with Crippen LogP contribution in [0.2, 0.25) is 0 Å². The van der Waals surface area contributed by atoms with Crippen LogP contribution in [0.1, 0.15) is 37.1 Å². The van der Waals surface area contributed by atoms with E-state index in [1.165, 1.54) is 31.5 Å². The summed E-state index contributed by atoms with van der Waals surface area (Å²) in [6.45, 7) is 1.60. The van der Waals surface area contributed by atoms with E-state index in [-0.39, 0.29) is 0 Å². The lowest BCUT2D eigenvalue weighted by Crippen LogP contribution is -2.25. The number of hydrogen-bond donors (Lipinski definition) is 1. The number of ether oxygens (including phenoxy) is 1. The Bertz CT molecular complexity index is 637. The first-order valence-electron chi connectivity index (χ1n) is 7.89. The molecule has 1 saturated carbocycles. The third kappa shape index (κ3) is 2.33.